The van der Waals surface area contributed by atoms with Gasteiger partial charge in [-0.3, -0.25) is 0 Å². The molecule has 0 atom stereocenters. The topological polar surface area (TPSA) is 52.5 Å². The summed E-state index contributed by atoms with van der Waals surface area (Å²) in [6, 6.07) is 20.3. The van der Waals surface area contributed by atoms with Crippen LogP contribution in [0, 0.1) is 0 Å². The Morgan fingerprint density at radius 3 is 2.36 bits per heavy atom. The maximum atomic E-state index is 6.10. The van der Waals surface area contributed by atoms with Crippen molar-refractivity contribution in [1.82, 2.24) is 9.38 Å². The molecule has 0 saturated heterocycles. The number of anilines is 1. The van der Waals surface area contributed by atoms with Gasteiger partial charge in [0.15, 0.2) is 11.4 Å². The molecular formula is C24H25N3O. The summed E-state index contributed by atoms with van der Waals surface area (Å²) in [5, 5.41) is 0. The molecule has 0 aliphatic heterocycles. The number of nitrogen functional groups attached to an aromatic ring is 1. The molecule has 4 rings (SSSR count). The molecule has 0 spiro atoms. The minimum absolute atomic E-state index is 0.152. The summed E-state index contributed by atoms with van der Waals surface area (Å²) in [6.45, 7) is 7.16. The van der Waals surface area contributed by atoms with E-state index in [-0.39, 0.29) is 5.41 Å². The monoisotopic (exact) mass is 371 g/mol. The van der Waals surface area contributed by atoms with E-state index in [1.54, 1.807) is 0 Å². The van der Waals surface area contributed by atoms with E-state index in [4.69, 9.17) is 15.5 Å². The smallest absolute Gasteiger partial charge is 0.180 e. The summed E-state index contributed by atoms with van der Waals surface area (Å²) in [5.74, 6) is 0.768. The van der Waals surface area contributed by atoms with Gasteiger partial charge in [-0.05, 0) is 40.8 Å². The fourth-order valence-corrected chi connectivity index (χ4v) is 3.15. The van der Waals surface area contributed by atoms with Crippen molar-refractivity contribution in [3.63, 3.8) is 0 Å². The normalized spacial score (nSPS) is 11.7. The average Bonchev–Trinajstić information content (AvgIpc) is 3.11. The van der Waals surface area contributed by atoms with E-state index in [1.807, 2.05) is 53.2 Å². The summed E-state index contributed by atoms with van der Waals surface area (Å²) < 4.78 is 8.09. The van der Waals surface area contributed by atoms with Crippen molar-refractivity contribution in [2.45, 2.75) is 32.8 Å². The number of nitrogens with zero attached hydrogens (tertiary/aromatic N) is 2. The highest BCUT2D eigenvalue weighted by atomic mass is 16.5. The van der Waals surface area contributed by atoms with Crippen LogP contribution in [0.25, 0.3) is 16.9 Å². The van der Waals surface area contributed by atoms with Gasteiger partial charge >= 0.3 is 0 Å². The number of benzene rings is 2. The molecule has 0 fully saturated rings. The summed E-state index contributed by atoms with van der Waals surface area (Å²) in [6.07, 6.45) is 3.99. The molecule has 0 aliphatic rings. The minimum Gasteiger partial charge on any atom is -0.485 e. The van der Waals surface area contributed by atoms with E-state index in [2.05, 4.69) is 45.0 Å². The first-order chi connectivity index (χ1) is 13.4. The molecule has 0 aliphatic carbocycles. The number of pyridine rings is 1. The summed E-state index contributed by atoms with van der Waals surface area (Å²) in [5.41, 5.74) is 11.9. The van der Waals surface area contributed by atoms with Crippen LogP contribution in [0.3, 0.4) is 0 Å². The standard InChI is InChI=1S/C24H25N3O/c1-24(2,3)19-10-6-17(7-11-19)16-28-22-5-4-14-27-15-21(26-23(22)27)18-8-12-20(25)13-9-18/h4-15H,16,25H2,1-3H3. The van der Waals surface area contributed by atoms with Gasteiger partial charge in [0.2, 0.25) is 0 Å². The zero-order valence-corrected chi connectivity index (χ0v) is 16.5. The highest BCUT2D eigenvalue weighted by Gasteiger charge is 2.13. The van der Waals surface area contributed by atoms with E-state index in [9.17, 15) is 0 Å². The van der Waals surface area contributed by atoms with Crippen molar-refractivity contribution in [2.24, 2.45) is 0 Å². The molecule has 4 heteroatoms. The second-order valence-corrected chi connectivity index (χ2v) is 8.09. The van der Waals surface area contributed by atoms with E-state index in [1.165, 1.54) is 5.56 Å². The van der Waals surface area contributed by atoms with Gasteiger partial charge < -0.3 is 14.9 Å². The van der Waals surface area contributed by atoms with Gasteiger partial charge in [0.05, 0.1) is 5.69 Å². The zero-order valence-electron chi connectivity index (χ0n) is 16.5. The van der Waals surface area contributed by atoms with Crippen LogP contribution in [0.15, 0.2) is 73.1 Å². The van der Waals surface area contributed by atoms with Crippen LogP contribution in [0.5, 0.6) is 5.75 Å². The maximum absolute atomic E-state index is 6.10. The number of hydrogen-bond acceptors (Lipinski definition) is 3. The van der Waals surface area contributed by atoms with Crippen molar-refractivity contribution < 1.29 is 4.74 Å². The molecule has 0 radical (unpaired) electrons. The SMILES string of the molecule is CC(C)(C)c1ccc(COc2cccn3cc(-c4ccc(N)cc4)nc23)cc1. The number of hydrogen-bond donors (Lipinski definition) is 1. The van der Waals surface area contributed by atoms with E-state index in [0.29, 0.717) is 6.61 Å². The number of imidazole rings is 1. The van der Waals surface area contributed by atoms with Crippen molar-refractivity contribution in [3.8, 4) is 17.0 Å². The largest absolute Gasteiger partial charge is 0.485 e. The molecule has 0 saturated carbocycles. The molecule has 0 bridgehead atoms. The highest BCUT2D eigenvalue weighted by molar-refractivity contribution is 5.67. The van der Waals surface area contributed by atoms with Crippen LogP contribution in [0.1, 0.15) is 31.9 Å². The molecule has 0 amide bonds. The minimum atomic E-state index is 0.152. The molecule has 2 aromatic heterocycles. The van der Waals surface area contributed by atoms with Gasteiger partial charge in [0, 0.05) is 23.6 Å². The maximum Gasteiger partial charge on any atom is 0.180 e. The second-order valence-electron chi connectivity index (χ2n) is 8.09. The van der Waals surface area contributed by atoms with Gasteiger partial charge in [-0.15, -0.1) is 0 Å². The van der Waals surface area contributed by atoms with E-state index < -0.39 is 0 Å². The molecule has 4 nitrogen and oxygen atoms in total. The Bertz CT molecular complexity index is 1090. The van der Waals surface area contributed by atoms with Crippen molar-refractivity contribution in [1.29, 1.82) is 0 Å². The third-order valence-corrected chi connectivity index (χ3v) is 4.87. The summed E-state index contributed by atoms with van der Waals surface area (Å²) >= 11 is 0. The number of fused-ring (bicyclic) bond motifs is 1. The molecule has 4 aromatic rings. The third kappa shape index (κ3) is 3.72. The lowest BCUT2D eigenvalue weighted by molar-refractivity contribution is 0.308. The van der Waals surface area contributed by atoms with Gasteiger partial charge in [-0.1, -0.05) is 57.2 Å². The summed E-state index contributed by atoms with van der Waals surface area (Å²) in [4.78, 5) is 4.77. The Balaban J connectivity index is 1.56. The van der Waals surface area contributed by atoms with Crippen LogP contribution in [-0.4, -0.2) is 9.38 Å². The molecule has 2 aromatic carbocycles. The first-order valence-electron chi connectivity index (χ1n) is 9.46. The van der Waals surface area contributed by atoms with Gasteiger partial charge in [-0.2, -0.15) is 0 Å². The van der Waals surface area contributed by atoms with Gasteiger partial charge in [-0.25, -0.2) is 4.98 Å². The zero-order chi connectivity index (χ0) is 19.7. The lowest BCUT2D eigenvalue weighted by atomic mass is 9.87. The molecule has 2 N–H and O–H groups in total. The first-order valence-corrected chi connectivity index (χ1v) is 9.46. The lowest BCUT2D eigenvalue weighted by Gasteiger charge is -2.19. The lowest BCUT2D eigenvalue weighted by Crippen LogP contribution is -2.10. The van der Waals surface area contributed by atoms with Crippen LogP contribution in [-0.2, 0) is 12.0 Å². The van der Waals surface area contributed by atoms with Crippen LogP contribution in [0.2, 0.25) is 0 Å². The predicted octanol–water partition coefficient (Wildman–Crippen LogP) is 5.46. The number of aromatic nitrogens is 2. The Kier molecular flexibility index (Phi) is 4.55. The quantitative estimate of drug-likeness (QED) is 0.485. The van der Waals surface area contributed by atoms with Crippen molar-refractivity contribution in [2.75, 3.05) is 5.73 Å². The number of rotatable bonds is 4. The van der Waals surface area contributed by atoms with Crippen molar-refractivity contribution >= 4 is 11.3 Å². The molecule has 28 heavy (non-hydrogen) atoms. The Morgan fingerprint density at radius 1 is 0.964 bits per heavy atom. The predicted molar refractivity (Wildman–Crippen MR) is 115 cm³/mol. The van der Waals surface area contributed by atoms with Crippen LogP contribution >= 0.6 is 0 Å². The van der Waals surface area contributed by atoms with Crippen molar-refractivity contribution in [3.05, 3.63) is 84.2 Å². The Hall–Kier alpha value is -3.27. The molecule has 142 valence electrons. The van der Waals surface area contributed by atoms with Crippen LogP contribution < -0.4 is 10.5 Å². The number of ether oxygens (including phenoxy) is 1. The second kappa shape index (κ2) is 7.04. The van der Waals surface area contributed by atoms with E-state index in [0.717, 1.165) is 33.9 Å². The third-order valence-electron chi connectivity index (χ3n) is 4.87. The van der Waals surface area contributed by atoms with Gasteiger partial charge in [0.1, 0.15) is 6.61 Å². The average molecular weight is 371 g/mol. The number of nitrogens with two attached hydrogens (primary N) is 1. The molecular weight excluding hydrogens is 346 g/mol. The summed E-state index contributed by atoms with van der Waals surface area (Å²) in [7, 11) is 0. The van der Waals surface area contributed by atoms with Crippen LogP contribution in [0.4, 0.5) is 5.69 Å². The van der Waals surface area contributed by atoms with E-state index >= 15 is 0 Å². The van der Waals surface area contributed by atoms with Gasteiger partial charge in [0.25, 0.3) is 0 Å². The fourth-order valence-electron chi connectivity index (χ4n) is 3.15. The molecule has 2 heterocycles. The Labute approximate surface area is 165 Å². The fraction of sp³-hybridized carbons (Fsp3) is 0.208. The Morgan fingerprint density at radius 2 is 1.68 bits per heavy atom. The first kappa shape index (κ1) is 18.1. The highest BCUT2D eigenvalue weighted by Crippen LogP contribution is 2.26. The molecule has 0 unspecified atom stereocenters.